The maximum absolute atomic E-state index is 13.1. The van der Waals surface area contributed by atoms with Crippen molar-refractivity contribution in [3.8, 4) is 11.1 Å². The van der Waals surface area contributed by atoms with Gasteiger partial charge >= 0.3 is 5.97 Å². The molecule has 0 spiro atoms. The van der Waals surface area contributed by atoms with Crippen LogP contribution < -0.4 is 0 Å². The second-order valence-corrected chi connectivity index (χ2v) is 7.94. The van der Waals surface area contributed by atoms with Gasteiger partial charge < -0.3 is 4.74 Å². The highest BCUT2D eigenvalue weighted by Crippen LogP contribution is 2.22. The predicted molar refractivity (Wildman–Crippen MR) is 125 cm³/mol. The fraction of sp³-hybridized carbons (Fsp3) is 0.0370. The molecular formula is C27H19BrO3. The van der Waals surface area contributed by atoms with Crippen molar-refractivity contribution in [2.24, 2.45) is 0 Å². The molecule has 0 amide bonds. The molecule has 4 heteroatoms. The second-order valence-electron chi connectivity index (χ2n) is 7.02. The molecule has 4 aromatic carbocycles. The fourth-order valence-corrected chi connectivity index (χ4v) is 3.53. The Morgan fingerprint density at radius 1 is 0.645 bits per heavy atom. The first-order valence-electron chi connectivity index (χ1n) is 9.82. The van der Waals surface area contributed by atoms with Gasteiger partial charge in [-0.1, -0.05) is 101 Å². The van der Waals surface area contributed by atoms with Gasteiger partial charge in [-0.05, 0) is 34.9 Å². The average Bonchev–Trinajstić information content (AvgIpc) is 2.84. The minimum absolute atomic E-state index is 0.139. The highest BCUT2D eigenvalue weighted by Gasteiger charge is 2.19. The number of hydrogen-bond acceptors (Lipinski definition) is 3. The van der Waals surface area contributed by atoms with Crippen LogP contribution in [0.1, 0.15) is 31.8 Å². The lowest BCUT2D eigenvalue weighted by atomic mass is 9.96. The van der Waals surface area contributed by atoms with Gasteiger partial charge in [0.2, 0.25) is 0 Å². The third-order valence-electron chi connectivity index (χ3n) is 4.93. The molecule has 0 aliphatic rings. The van der Waals surface area contributed by atoms with E-state index in [9.17, 15) is 9.59 Å². The molecule has 0 saturated heterocycles. The van der Waals surface area contributed by atoms with Crippen LogP contribution in [-0.4, -0.2) is 11.8 Å². The summed E-state index contributed by atoms with van der Waals surface area (Å²) in [5.74, 6) is -0.733. The Hall–Kier alpha value is -3.50. The van der Waals surface area contributed by atoms with E-state index in [0.29, 0.717) is 11.1 Å². The Kier molecular flexibility index (Phi) is 6.39. The molecule has 0 fully saturated rings. The molecule has 0 atom stereocenters. The van der Waals surface area contributed by atoms with E-state index in [4.69, 9.17) is 4.74 Å². The molecule has 0 radical (unpaired) electrons. The Morgan fingerprint density at radius 2 is 1.23 bits per heavy atom. The molecule has 0 N–H and O–H groups in total. The zero-order valence-corrected chi connectivity index (χ0v) is 18.2. The van der Waals surface area contributed by atoms with Crippen LogP contribution in [0.25, 0.3) is 11.1 Å². The molecule has 0 aromatic heterocycles. The van der Waals surface area contributed by atoms with Crippen LogP contribution in [0.4, 0.5) is 0 Å². The summed E-state index contributed by atoms with van der Waals surface area (Å²) in [6.07, 6.45) is 0. The number of halogens is 1. The van der Waals surface area contributed by atoms with E-state index in [1.807, 2.05) is 66.7 Å². The standard InChI is InChI=1S/C27H19BrO3/c28-23-16-10-19(11-17-23)18-31-27(30)25-9-5-4-8-24(25)26(29)22-14-12-21(13-15-22)20-6-2-1-3-7-20/h1-17H,18H2. The van der Waals surface area contributed by atoms with E-state index in [0.717, 1.165) is 21.2 Å². The molecule has 0 unspecified atom stereocenters. The SMILES string of the molecule is O=C(OCc1ccc(Br)cc1)c1ccccc1C(=O)c1ccc(-c2ccccc2)cc1. The van der Waals surface area contributed by atoms with Crippen molar-refractivity contribution in [3.63, 3.8) is 0 Å². The van der Waals surface area contributed by atoms with Gasteiger partial charge in [0.1, 0.15) is 6.61 Å². The summed E-state index contributed by atoms with van der Waals surface area (Å²) in [7, 11) is 0. The number of ketones is 1. The molecule has 31 heavy (non-hydrogen) atoms. The minimum Gasteiger partial charge on any atom is -0.457 e. The number of esters is 1. The minimum atomic E-state index is -0.521. The first-order chi connectivity index (χ1) is 15.1. The lowest BCUT2D eigenvalue weighted by Gasteiger charge is -2.10. The van der Waals surface area contributed by atoms with E-state index in [-0.39, 0.29) is 18.0 Å². The van der Waals surface area contributed by atoms with Crippen LogP contribution in [0.2, 0.25) is 0 Å². The van der Waals surface area contributed by atoms with Crippen molar-refractivity contribution >= 4 is 27.7 Å². The van der Waals surface area contributed by atoms with Crippen molar-refractivity contribution in [1.82, 2.24) is 0 Å². The lowest BCUT2D eigenvalue weighted by Crippen LogP contribution is -2.12. The molecule has 0 saturated carbocycles. The highest BCUT2D eigenvalue weighted by molar-refractivity contribution is 9.10. The summed E-state index contributed by atoms with van der Waals surface area (Å²) >= 11 is 3.38. The van der Waals surface area contributed by atoms with Gasteiger partial charge in [0.15, 0.2) is 5.78 Å². The summed E-state index contributed by atoms with van der Waals surface area (Å²) < 4.78 is 6.41. The van der Waals surface area contributed by atoms with Gasteiger partial charge in [-0.25, -0.2) is 4.79 Å². The van der Waals surface area contributed by atoms with E-state index >= 15 is 0 Å². The Balaban J connectivity index is 1.52. The van der Waals surface area contributed by atoms with Gasteiger partial charge in [0, 0.05) is 15.6 Å². The molecule has 0 aliphatic heterocycles. The zero-order chi connectivity index (χ0) is 21.6. The quantitative estimate of drug-likeness (QED) is 0.232. The molecule has 3 nitrogen and oxygen atoms in total. The average molecular weight is 471 g/mol. The van der Waals surface area contributed by atoms with E-state index in [1.165, 1.54) is 0 Å². The van der Waals surface area contributed by atoms with Crippen LogP contribution in [-0.2, 0) is 11.3 Å². The monoisotopic (exact) mass is 470 g/mol. The van der Waals surface area contributed by atoms with Crippen LogP contribution >= 0.6 is 15.9 Å². The molecular weight excluding hydrogens is 452 g/mol. The van der Waals surface area contributed by atoms with Crippen molar-refractivity contribution in [2.75, 3.05) is 0 Å². The van der Waals surface area contributed by atoms with Crippen molar-refractivity contribution in [3.05, 3.63) is 130 Å². The van der Waals surface area contributed by atoms with Gasteiger partial charge in [0.05, 0.1) is 5.56 Å². The van der Waals surface area contributed by atoms with Crippen molar-refractivity contribution in [2.45, 2.75) is 6.61 Å². The summed E-state index contributed by atoms with van der Waals surface area (Å²) in [5.41, 5.74) is 4.09. The van der Waals surface area contributed by atoms with E-state index < -0.39 is 5.97 Å². The van der Waals surface area contributed by atoms with Gasteiger partial charge in [-0.15, -0.1) is 0 Å². The molecule has 4 aromatic rings. The maximum Gasteiger partial charge on any atom is 0.339 e. The Bertz CT molecular complexity index is 1200. The second kappa shape index (κ2) is 9.54. The first kappa shape index (κ1) is 20.8. The van der Waals surface area contributed by atoms with Crippen LogP contribution in [0.5, 0.6) is 0 Å². The largest absolute Gasteiger partial charge is 0.457 e. The lowest BCUT2D eigenvalue weighted by molar-refractivity contribution is 0.0470. The molecule has 152 valence electrons. The fourth-order valence-electron chi connectivity index (χ4n) is 3.27. The summed E-state index contributed by atoms with van der Waals surface area (Å²) in [6.45, 7) is 0.139. The summed E-state index contributed by atoms with van der Waals surface area (Å²) in [4.78, 5) is 25.8. The third-order valence-corrected chi connectivity index (χ3v) is 5.46. The molecule has 0 heterocycles. The normalized spacial score (nSPS) is 10.5. The predicted octanol–water partition coefficient (Wildman–Crippen LogP) is 6.70. The molecule has 0 aliphatic carbocycles. The van der Waals surface area contributed by atoms with Gasteiger partial charge in [-0.2, -0.15) is 0 Å². The number of carbonyl (C=O) groups is 2. The topological polar surface area (TPSA) is 43.4 Å². The van der Waals surface area contributed by atoms with Crippen LogP contribution in [0.15, 0.2) is 108 Å². The number of hydrogen-bond donors (Lipinski definition) is 0. The zero-order valence-electron chi connectivity index (χ0n) is 16.6. The first-order valence-corrected chi connectivity index (χ1v) is 10.6. The van der Waals surface area contributed by atoms with Crippen LogP contribution in [0, 0.1) is 0 Å². The molecule has 4 rings (SSSR count). The number of ether oxygens (including phenoxy) is 1. The Morgan fingerprint density at radius 3 is 1.90 bits per heavy atom. The van der Waals surface area contributed by atoms with Crippen molar-refractivity contribution in [1.29, 1.82) is 0 Å². The van der Waals surface area contributed by atoms with Crippen molar-refractivity contribution < 1.29 is 14.3 Å². The van der Waals surface area contributed by atoms with E-state index in [2.05, 4.69) is 15.9 Å². The third kappa shape index (κ3) is 4.98. The summed E-state index contributed by atoms with van der Waals surface area (Å²) in [5, 5.41) is 0. The summed E-state index contributed by atoms with van der Waals surface area (Å²) in [6, 6.07) is 31.6. The number of rotatable bonds is 6. The highest BCUT2D eigenvalue weighted by atomic mass is 79.9. The molecule has 0 bridgehead atoms. The number of carbonyl (C=O) groups excluding carboxylic acids is 2. The number of benzene rings is 4. The van der Waals surface area contributed by atoms with Gasteiger partial charge in [0.25, 0.3) is 0 Å². The maximum atomic E-state index is 13.1. The Labute approximate surface area is 189 Å². The van der Waals surface area contributed by atoms with E-state index in [1.54, 1.807) is 36.4 Å². The van der Waals surface area contributed by atoms with Gasteiger partial charge in [-0.3, -0.25) is 4.79 Å². The smallest absolute Gasteiger partial charge is 0.339 e. The van der Waals surface area contributed by atoms with Crippen LogP contribution in [0.3, 0.4) is 0 Å².